The Hall–Kier alpha value is -1.15. The quantitative estimate of drug-likeness (QED) is 0.567. The van der Waals surface area contributed by atoms with Crippen LogP contribution in [0.25, 0.3) is 6.08 Å². The third-order valence-electron chi connectivity index (χ3n) is 2.08. The molecule has 1 rings (SSSR count). The zero-order valence-corrected chi connectivity index (χ0v) is 9.38. The molecule has 0 fully saturated rings. The van der Waals surface area contributed by atoms with E-state index in [-0.39, 0.29) is 11.7 Å². The van der Waals surface area contributed by atoms with Gasteiger partial charge in [-0.15, -0.1) is 0 Å². The molecule has 0 atom stereocenters. The molecular formula is C12H12ClFO. The minimum absolute atomic E-state index is 0.0703. The molecule has 0 amide bonds. The number of halogens is 2. The minimum atomic E-state index is -0.376. The van der Waals surface area contributed by atoms with Crippen LogP contribution in [-0.2, 0) is 4.79 Å². The maximum atomic E-state index is 13.3. The Balaban J connectivity index is 3.16. The molecule has 0 aromatic heterocycles. The third kappa shape index (κ3) is 3.17. The Labute approximate surface area is 93.6 Å². The molecule has 0 aliphatic carbocycles. The van der Waals surface area contributed by atoms with Crippen molar-refractivity contribution in [3.05, 3.63) is 40.2 Å². The molecule has 1 aromatic rings. The van der Waals surface area contributed by atoms with Crippen LogP contribution in [0.2, 0.25) is 5.02 Å². The van der Waals surface area contributed by atoms with Gasteiger partial charge in [0.25, 0.3) is 0 Å². The van der Waals surface area contributed by atoms with Crippen LogP contribution in [0.1, 0.15) is 19.4 Å². The van der Waals surface area contributed by atoms with Crippen LogP contribution in [0, 0.1) is 11.7 Å². The lowest BCUT2D eigenvalue weighted by Gasteiger charge is -2.04. The van der Waals surface area contributed by atoms with E-state index in [1.54, 1.807) is 0 Å². The average molecular weight is 227 g/mol. The van der Waals surface area contributed by atoms with Crippen LogP contribution in [-0.4, -0.2) is 6.29 Å². The standard InChI is InChI=1S/C12H12ClFO/c1-8(2)10(7-15)5-9-6-11(13)3-4-12(9)14/h3-8H,1-2H3/b10-5+. The highest BCUT2D eigenvalue weighted by Crippen LogP contribution is 2.19. The molecule has 0 saturated carbocycles. The Kier molecular flexibility index (Phi) is 4.04. The second kappa shape index (κ2) is 5.08. The van der Waals surface area contributed by atoms with Crippen molar-refractivity contribution in [2.75, 3.05) is 0 Å². The van der Waals surface area contributed by atoms with Crippen LogP contribution in [0.3, 0.4) is 0 Å². The number of benzene rings is 1. The maximum Gasteiger partial charge on any atom is 0.146 e. The Morgan fingerprint density at radius 3 is 2.67 bits per heavy atom. The molecule has 15 heavy (non-hydrogen) atoms. The fourth-order valence-electron chi connectivity index (χ4n) is 1.14. The molecule has 80 valence electrons. The van der Waals surface area contributed by atoms with Crippen LogP contribution in [0.15, 0.2) is 23.8 Å². The zero-order valence-electron chi connectivity index (χ0n) is 8.63. The maximum absolute atomic E-state index is 13.3. The number of carbonyl (C=O) groups excluding carboxylic acids is 1. The summed E-state index contributed by atoms with van der Waals surface area (Å²) in [6.45, 7) is 3.76. The largest absolute Gasteiger partial charge is 0.298 e. The topological polar surface area (TPSA) is 17.1 Å². The van der Waals surface area contributed by atoms with Crippen molar-refractivity contribution >= 4 is 24.0 Å². The van der Waals surface area contributed by atoms with Gasteiger partial charge in [0.05, 0.1) is 0 Å². The van der Waals surface area contributed by atoms with Gasteiger partial charge in [-0.3, -0.25) is 4.79 Å². The predicted molar refractivity (Wildman–Crippen MR) is 60.3 cm³/mol. The molecule has 0 bridgehead atoms. The van der Waals surface area contributed by atoms with Gasteiger partial charge in [0.1, 0.15) is 12.1 Å². The second-order valence-corrected chi connectivity index (χ2v) is 4.02. The monoisotopic (exact) mass is 226 g/mol. The summed E-state index contributed by atoms with van der Waals surface area (Å²) in [7, 11) is 0. The Morgan fingerprint density at radius 2 is 2.13 bits per heavy atom. The Bertz CT molecular complexity index is 397. The van der Waals surface area contributed by atoms with Crippen molar-refractivity contribution in [1.29, 1.82) is 0 Å². The van der Waals surface area contributed by atoms with Gasteiger partial charge in [-0.25, -0.2) is 4.39 Å². The summed E-state index contributed by atoms with van der Waals surface area (Å²) in [5, 5.41) is 0.455. The summed E-state index contributed by atoms with van der Waals surface area (Å²) in [5.41, 5.74) is 0.898. The number of rotatable bonds is 3. The molecule has 0 saturated heterocycles. The van der Waals surface area contributed by atoms with Crippen molar-refractivity contribution in [2.24, 2.45) is 5.92 Å². The molecule has 3 heteroatoms. The van der Waals surface area contributed by atoms with Gasteiger partial charge in [-0.1, -0.05) is 25.4 Å². The van der Waals surface area contributed by atoms with E-state index in [1.165, 1.54) is 24.3 Å². The van der Waals surface area contributed by atoms with E-state index in [0.717, 1.165) is 6.29 Å². The van der Waals surface area contributed by atoms with Crippen molar-refractivity contribution in [2.45, 2.75) is 13.8 Å². The smallest absolute Gasteiger partial charge is 0.146 e. The number of allylic oxidation sites excluding steroid dienone is 1. The van der Waals surface area contributed by atoms with E-state index >= 15 is 0 Å². The van der Waals surface area contributed by atoms with E-state index in [2.05, 4.69) is 0 Å². The first-order chi connectivity index (χ1) is 7.04. The fourth-order valence-corrected chi connectivity index (χ4v) is 1.32. The summed E-state index contributed by atoms with van der Waals surface area (Å²) in [6.07, 6.45) is 2.27. The van der Waals surface area contributed by atoms with E-state index in [9.17, 15) is 9.18 Å². The van der Waals surface area contributed by atoms with Crippen molar-refractivity contribution in [1.82, 2.24) is 0 Å². The lowest BCUT2D eigenvalue weighted by Crippen LogP contribution is -1.95. The summed E-state index contributed by atoms with van der Waals surface area (Å²) in [4.78, 5) is 10.7. The summed E-state index contributed by atoms with van der Waals surface area (Å²) in [5.74, 6) is -0.305. The minimum Gasteiger partial charge on any atom is -0.298 e. The third-order valence-corrected chi connectivity index (χ3v) is 2.32. The van der Waals surface area contributed by atoms with Gasteiger partial charge >= 0.3 is 0 Å². The van der Waals surface area contributed by atoms with Crippen LogP contribution in [0.5, 0.6) is 0 Å². The normalized spacial score (nSPS) is 11.9. The first-order valence-corrected chi connectivity index (χ1v) is 5.04. The van der Waals surface area contributed by atoms with E-state index in [0.29, 0.717) is 16.2 Å². The first kappa shape index (κ1) is 11.9. The van der Waals surface area contributed by atoms with Crippen LogP contribution in [0.4, 0.5) is 4.39 Å². The van der Waals surface area contributed by atoms with Crippen molar-refractivity contribution in [3.8, 4) is 0 Å². The average Bonchev–Trinajstić information content (AvgIpc) is 2.18. The van der Waals surface area contributed by atoms with Gasteiger partial charge in [-0.2, -0.15) is 0 Å². The van der Waals surface area contributed by atoms with Gasteiger partial charge in [0.15, 0.2) is 0 Å². The number of carbonyl (C=O) groups is 1. The highest BCUT2D eigenvalue weighted by Gasteiger charge is 2.05. The highest BCUT2D eigenvalue weighted by atomic mass is 35.5. The van der Waals surface area contributed by atoms with Crippen LogP contribution >= 0.6 is 11.6 Å². The molecule has 1 nitrogen and oxygen atoms in total. The molecule has 0 aliphatic rings. The summed E-state index contributed by atoms with van der Waals surface area (Å²) >= 11 is 5.74. The summed E-state index contributed by atoms with van der Waals surface area (Å²) < 4.78 is 13.3. The molecule has 0 unspecified atom stereocenters. The number of aldehydes is 1. The zero-order chi connectivity index (χ0) is 11.4. The molecule has 0 radical (unpaired) electrons. The predicted octanol–water partition coefficient (Wildman–Crippen LogP) is 3.72. The molecule has 0 heterocycles. The van der Waals surface area contributed by atoms with Gasteiger partial charge in [0, 0.05) is 10.6 Å². The van der Waals surface area contributed by atoms with Crippen molar-refractivity contribution in [3.63, 3.8) is 0 Å². The molecule has 0 aliphatic heterocycles. The molecule has 1 aromatic carbocycles. The SMILES string of the molecule is CC(C)/C(C=O)=C/c1cc(Cl)ccc1F. The molecular weight excluding hydrogens is 215 g/mol. The lowest BCUT2D eigenvalue weighted by atomic mass is 10.0. The number of hydrogen-bond acceptors (Lipinski definition) is 1. The highest BCUT2D eigenvalue weighted by molar-refractivity contribution is 6.30. The Morgan fingerprint density at radius 1 is 1.47 bits per heavy atom. The van der Waals surface area contributed by atoms with Gasteiger partial charge in [-0.05, 0) is 35.8 Å². The number of hydrogen-bond donors (Lipinski definition) is 0. The molecule has 0 N–H and O–H groups in total. The van der Waals surface area contributed by atoms with Crippen molar-refractivity contribution < 1.29 is 9.18 Å². The lowest BCUT2D eigenvalue weighted by molar-refractivity contribution is -0.105. The van der Waals surface area contributed by atoms with Gasteiger partial charge < -0.3 is 0 Å². The molecule has 0 spiro atoms. The van der Waals surface area contributed by atoms with E-state index < -0.39 is 0 Å². The van der Waals surface area contributed by atoms with Crippen LogP contribution < -0.4 is 0 Å². The summed E-state index contributed by atoms with van der Waals surface area (Å²) in [6, 6.07) is 4.27. The van der Waals surface area contributed by atoms with Gasteiger partial charge in [0.2, 0.25) is 0 Å². The first-order valence-electron chi connectivity index (χ1n) is 4.66. The van der Waals surface area contributed by atoms with E-state index in [4.69, 9.17) is 11.6 Å². The van der Waals surface area contributed by atoms with E-state index in [1.807, 2.05) is 13.8 Å². The fraction of sp³-hybridized carbons (Fsp3) is 0.250. The second-order valence-electron chi connectivity index (χ2n) is 3.58.